The summed E-state index contributed by atoms with van der Waals surface area (Å²) in [5.74, 6) is 1.71. The molecule has 0 bridgehead atoms. The summed E-state index contributed by atoms with van der Waals surface area (Å²) in [6.07, 6.45) is 3.20. The molecule has 12 heavy (non-hydrogen) atoms. The smallest absolute Gasteiger partial charge is 0.231 e. The number of hydrogen-bond acceptors (Lipinski definition) is 2. The average Bonchev–Trinajstić information content (AvgIpc) is 2.51. The normalized spacial score (nSPS) is 13.4. The highest BCUT2D eigenvalue weighted by Gasteiger charge is 2.12. The SMILES string of the molecule is CC[CH]c1ccc2c(c1)OCO2. The van der Waals surface area contributed by atoms with E-state index in [2.05, 4.69) is 13.3 Å². The zero-order chi connectivity index (χ0) is 8.39. The van der Waals surface area contributed by atoms with Crippen molar-refractivity contribution in [2.75, 3.05) is 6.79 Å². The lowest BCUT2D eigenvalue weighted by Crippen LogP contribution is -1.92. The van der Waals surface area contributed by atoms with Gasteiger partial charge in [0, 0.05) is 0 Å². The molecule has 1 radical (unpaired) electrons. The van der Waals surface area contributed by atoms with Crippen LogP contribution in [0, 0.1) is 6.42 Å². The molecule has 0 fully saturated rings. The summed E-state index contributed by atoms with van der Waals surface area (Å²) in [5.41, 5.74) is 1.20. The molecule has 1 aliphatic rings. The molecule has 0 aromatic heterocycles. The molecule has 2 heteroatoms. The summed E-state index contributed by atoms with van der Waals surface area (Å²) < 4.78 is 10.4. The van der Waals surface area contributed by atoms with Crippen molar-refractivity contribution >= 4 is 0 Å². The van der Waals surface area contributed by atoms with Gasteiger partial charge in [0.05, 0.1) is 0 Å². The third kappa shape index (κ3) is 1.24. The number of rotatable bonds is 2. The van der Waals surface area contributed by atoms with E-state index in [0.717, 1.165) is 17.9 Å². The first kappa shape index (κ1) is 7.47. The molecule has 0 unspecified atom stereocenters. The van der Waals surface area contributed by atoms with Gasteiger partial charge in [-0.3, -0.25) is 0 Å². The predicted molar refractivity (Wildman–Crippen MR) is 46.3 cm³/mol. The molecule has 1 aliphatic heterocycles. The maximum atomic E-state index is 5.24. The Bertz CT molecular complexity index is 281. The molecule has 0 saturated carbocycles. The minimum absolute atomic E-state index is 0.352. The van der Waals surface area contributed by atoms with Crippen LogP contribution in [0.2, 0.25) is 0 Å². The minimum atomic E-state index is 0.352. The average molecular weight is 163 g/mol. The Morgan fingerprint density at radius 2 is 2.17 bits per heavy atom. The Morgan fingerprint density at radius 3 is 3.00 bits per heavy atom. The van der Waals surface area contributed by atoms with Crippen molar-refractivity contribution in [1.82, 2.24) is 0 Å². The molecule has 1 aromatic carbocycles. The number of hydrogen-bond donors (Lipinski definition) is 0. The zero-order valence-electron chi connectivity index (χ0n) is 7.04. The number of fused-ring (bicyclic) bond motifs is 1. The van der Waals surface area contributed by atoms with Crippen LogP contribution in [0.25, 0.3) is 0 Å². The fraction of sp³-hybridized carbons (Fsp3) is 0.300. The maximum absolute atomic E-state index is 5.24. The largest absolute Gasteiger partial charge is 0.454 e. The first-order valence-electron chi connectivity index (χ1n) is 4.13. The van der Waals surface area contributed by atoms with E-state index in [9.17, 15) is 0 Å². The second kappa shape index (κ2) is 3.05. The molecule has 2 rings (SSSR count). The van der Waals surface area contributed by atoms with E-state index in [-0.39, 0.29) is 0 Å². The van der Waals surface area contributed by atoms with Gasteiger partial charge in [-0.1, -0.05) is 13.0 Å². The molecule has 1 aromatic rings. The molecule has 0 N–H and O–H groups in total. The highest BCUT2D eigenvalue weighted by atomic mass is 16.7. The van der Waals surface area contributed by atoms with E-state index < -0.39 is 0 Å². The van der Waals surface area contributed by atoms with Crippen molar-refractivity contribution in [3.05, 3.63) is 30.2 Å². The van der Waals surface area contributed by atoms with Crippen molar-refractivity contribution in [3.63, 3.8) is 0 Å². The van der Waals surface area contributed by atoms with Gasteiger partial charge in [0.25, 0.3) is 0 Å². The third-order valence-electron chi connectivity index (χ3n) is 1.84. The van der Waals surface area contributed by atoms with Gasteiger partial charge in [-0.15, -0.1) is 0 Å². The van der Waals surface area contributed by atoms with E-state index in [1.807, 2.05) is 18.2 Å². The summed E-state index contributed by atoms with van der Waals surface area (Å²) in [5, 5.41) is 0. The van der Waals surface area contributed by atoms with Crippen molar-refractivity contribution in [1.29, 1.82) is 0 Å². The van der Waals surface area contributed by atoms with Gasteiger partial charge >= 0.3 is 0 Å². The van der Waals surface area contributed by atoms with Crippen molar-refractivity contribution in [2.24, 2.45) is 0 Å². The third-order valence-corrected chi connectivity index (χ3v) is 1.84. The van der Waals surface area contributed by atoms with Crippen molar-refractivity contribution in [3.8, 4) is 11.5 Å². The van der Waals surface area contributed by atoms with Crippen LogP contribution in [0.5, 0.6) is 11.5 Å². The lowest BCUT2D eigenvalue weighted by atomic mass is 10.1. The van der Waals surface area contributed by atoms with Crippen molar-refractivity contribution in [2.45, 2.75) is 13.3 Å². The minimum Gasteiger partial charge on any atom is -0.454 e. The Hall–Kier alpha value is -1.18. The zero-order valence-corrected chi connectivity index (χ0v) is 7.04. The Kier molecular flexibility index (Phi) is 1.90. The second-order valence-electron chi connectivity index (χ2n) is 2.73. The van der Waals surface area contributed by atoms with Crippen LogP contribution in [0.1, 0.15) is 18.9 Å². The van der Waals surface area contributed by atoms with E-state index in [1.165, 1.54) is 5.56 Å². The predicted octanol–water partition coefficient (Wildman–Crippen LogP) is 2.38. The molecular weight excluding hydrogens is 152 g/mol. The van der Waals surface area contributed by atoms with Gasteiger partial charge in [0.15, 0.2) is 11.5 Å². The second-order valence-corrected chi connectivity index (χ2v) is 2.73. The van der Waals surface area contributed by atoms with Crippen LogP contribution < -0.4 is 9.47 Å². The van der Waals surface area contributed by atoms with Crippen LogP contribution in [-0.4, -0.2) is 6.79 Å². The Balaban J connectivity index is 2.26. The van der Waals surface area contributed by atoms with Crippen LogP contribution >= 0.6 is 0 Å². The summed E-state index contributed by atoms with van der Waals surface area (Å²) in [6.45, 7) is 2.47. The quantitative estimate of drug-likeness (QED) is 0.666. The molecule has 0 amide bonds. The highest BCUT2D eigenvalue weighted by molar-refractivity contribution is 5.46. The van der Waals surface area contributed by atoms with Gasteiger partial charge < -0.3 is 9.47 Å². The van der Waals surface area contributed by atoms with E-state index in [0.29, 0.717) is 6.79 Å². The molecule has 1 heterocycles. The summed E-state index contributed by atoms with van der Waals surface area (Å²) in [4.78, 5) is 0. The van der Waals surface area contributed by atoms with Gasteiger partial charge in [-0.25, -0.2) is 0 Å². The fourth-order valence-electron chi connectivity index (χ4n) is 1.28. The van der Waals surface area contributed by atoms with E-state index >= 15 is 0 Å². The van der Waals surface area contributed by atoms with Gasteiger partial charge in [-0.05, 0) is 30.5 Å². The van der Waals surface area contributed by atoms with Crippen LogP contribution in [-0.2, 0) is 0 Å². The number of ether oxygens (including phenoxy) is 2. The molecular formula is C10H11O2. The first-order valence-corrected chi connectivity index (χ1v) is 4.13. The lowest BCUT2D eigenvalue weighted by Gasteiger charge is -1.99. The summed E-state index contributed by atoms with van der Waals surface area (Å²) >= 11 is 0. The molecule has 0 saturated heterocycles. The topological polar surface area (TPSA) is 18.5 Å². The lowest BCUT2D eigenvalue weighted by molar-refractivity contribution is 0.174. The van der Waals surface area contributed by atoms with Gasteiger partial charge in [-0.2, -0.15) is 0 Å². The van der Waals surface area contributed by atoms with Gasteiger partial charge in [0.1, 0.15) is 0 Å². The molecule has 0 atom stereocenters. The Labute approximate surface area is 72.1 Å². The Morgan fingerprint density at radius 1 is 1.33 bits per heavy atom. The van der Waals surface area contributed by atoms with Crippen LogP contribution in [0.3, 0.4) is 0 Å². The maximum Gasteiger partial charge on any atom is 0.231 e. The number of benzene rings is 1. The van der Waals surface area contributed by atoms with E-state index in [4.69, 9.17) is 9.47 Å². The standard InChI is InChI=1S/C10H11O2/c1-2-3-8-4-5-9-10(6-8)12-7-11-9/h3-6H,2,7H2,1H3. The first-order chi connectivity index (χ1) is 5.90. The van der Waals surface area contributed by atoms with E-state index in [1.54, 1.807) is 0 Å². The van der Waals surface area contributed by atoms with Gasteiger partial charge in [0.2, 0.25) is 6.79 Å². The molecule has 0 spiro atoms. The molecule has 63 valence electrons. The van der Waals surface area contributed by atoms with Crippen molar-refractivity contribution < 1.29 is 9.47 Å². The van der Waals surface area contributed by atoms with Crippen LogP contribution in [0.15, 0.2) is 18.2 Å². The monoisotopic (exact) mass is 163 g/mol. The van der Waals surface area contributed by atoms with Crippen LogP contribution in [0.4, 0.5) is 0 Å². The molecule has 0 aliphatic carbocycles. The summed E-state index contributed by atoms with van der Waals surface area (Å²) in [7, 11) is 0. The molecule has 2 nitrogen and oxygen atoms in total. The highest BCUT2D eigenvalue weighted by Crippen LogP contribution is 2.32. The summed E-state index contributed by atoms with van der Waals surface area (Å²) in [6, 6.07) is 5.99. The fourth-order valence-corrected chi connectivity index (χ4v) is 1.28.